The molecule has 1 N–H and O–H groups in total. The van der Waals surface area contributed by atoms with E-state index in [9.17, 15) is 9.59 Å². The maximum atomic E-state index is 12.5. The van der Waals surface area contributed by atoms with Crippen LogP contribution in [0.2, 0.25) is 0 Å². The van der Waals surface area contributed by atoms with Crippen molar-refractivity contribution in [1.82, 2.24) is 5.32 Å². The Morgan fingerprint density at radius 3 is 2.57 bits per heavy atom. The van der Waals surface area contributed by atoms with Gasteiger partial charge in [0.05, 0.1) is 12.5 Å². The highest BCUT2D eigenvalue weighted by Crippen LogP contribution is 2.67. The summed E-state index contributed by atoms with van der Waals surface area (Å²) in [5.41, 5.74) is 1.86. The molecule has 0 aliphatic heterocycles. The Labute approximate surface area is 225 Å². The fraction of sp³-hybridized carbons (Fsp3) is 0.875. The minimum absolute atomic E-state index is 0.0493. The third kappa shape index (κ3) is 5.68. The van der Waals surface area contributed by atoms with Crippen molar-refractivity contribution in [2.45, 2.75) is 112 Å². The van der Waals surface area contributed by atoms with Gasteiger partial charge in [-0.2, -0.15) is 0 Å². The number of ether oxygens (including phenoxy) is 2. The van der Waals surface area contributed by atoms with Crippen molar-refractivity contribution in [3.05, 3.63) is 11.6 Å². The Morgan fingerprint density at radius 1 is 1.11 bits per heavy atom. The molecule has 0 radical (unpaired) electrons. The van der Waals surface area contributed by atoms with E-state index in [1.165, 1.54) is 39.2 Å². The lowest BCUT2D eigenvalue weighted by Gasteiger charge is -2.58. The fourth-order valence-electron chi connectivity index (χ4n) is 8.96. The minimum atomic E-state index is -0.435. The van der Waals surface area contributed by atoms with Gasteiger partial charge in [0.2, 0.25) is 0 Å². The molecular weight excluding hydrogens is 462 g/mol. The molecule has 0 spiro atoms. The van der Waals surface area contributed by atoms with Crippen molar-refractivity contribution in [2.24, 2.45) is 45.8 Å². The number of allylic oxidation sites excluding steroid dienone is 1. The Kier molecular flexibility index (Phi) is 8.53. The molecule has 0 aromatic heterocycles. The van der Waals surface area contributed by atoms with Gasteiger partial charge in [0.25, 0.3) is 0 Å². The summed E-state index contributed by atoms with van der Waals surface area (Å²) in [7, 11) is 1.46. The molecule has 8 atom stereocenters. The van der Waals surface area contributed by atoms with E-state index in [2.05, 4.69) is 32.2 Å². The molecule has 210 valence electrons. The van der Waals surface area contributed by atoms with E-state index in [4.69, 9.17) is 9.47 Å². The average Bonchev–Trinajstić information content (AvgIpc) is 3.20. The minimum Gasteiger partial charge on any atom is -0.469 e. The largest absolute Gasteiger partial charge is 0.469 e. The maximum Gasteiger partial charge on any atom is 0.311 e. The van der Waals surface area contributed by atoms with E-state index in [1.54, 1.807) is 5.57 Å². The number of fused-ring (bicyclic) bond motifs is 5. The molecule has 4 rings (SSSR count). The topological polar surface area (TPSA) is 64.6 Å². The van der Waals surface area contributed by atoms with Crippen LogP contribution < -0.4 is 5.32 Å². The van der Waals surface area contributed by atoms with Gasteiger partial charge < -0.3 is 14.8 Å². The zero-order valence-corrected chi connectivity index (χ0v) is 24.7. The van der Waals surface area contributed by atoms with Gasteiger partial charge in [0, 0.05) is 12.8 Å². The number of hydrogen-bond donors (Lipinski definition) is 1. The molecule has 3 saturated carbocycles. The van der Waals surface area contributed by atoms with Crippen LogP contribution in [0.3, 0.4) is 0 Å². The van der Waals surface area contributed by atoms with Crippen LogP contribution in [0.4, 0.5) is 0 Å². The standard InChI is InChI=1S/C32H53NO4/c1-21(20-33-18-8-9-28(34)36-7)25-12-13-26-24-11-10-22-19-23(37-29(35)30(2,3)4)14-16-31(22,5)27(24)15-17-32(25,26)6/h10,21,23-27,33H,8-9,11-20H2,1-7H3/t21-,23+,24+,25-,26+,27+,31+,32-/m1/s1. The number of methoxy groups -OCH3 is 1. The number of esters is 2. The Bertz CT molecular complexity index is 875. The SMILES string of the molecule is COC(=O)CCCNC[C@@H](C)[C@H]1CC[C@H]2[C@@H]3CC=C4C[C@@H](OC(=O)C(C)(C)C)CC[C@]4(C)[C@H]3CC[C@]12C. The lowest BCUT2D eigenvalue weighted by molar-refractivity contribution is -0.161. The highest BCUT2D eigenvalue weighted by Gasteiger charge is 2.59. The fourth-order valence-corrected chi connectivity index (χ4v) is 8.96. The molecule has 0 saturated heterocycles. The summed E-state index contributed by atoms with van der Waals surface area (Å²) in [4.78, 5) is 23.9. The summed E-state index contributed by atoms with van der Waals surface area (Å²) in [5.74, 6) is 3.65. The van der Waals surface area contributed by atoms with Crippen LogP contribution in [0.1, 0.15) is 106 Å². The van der Waals surface area contributed by atoms with E-state index < -0.39 is 5.41 Å². The smallest absolute Gasteiger partial charge is 0.311 e. The van der Waals surface area contributed by atoms with Crippen LogP contribution in [0, 0.1) is 45.8 Å². The molecule has 0 amide bonds. The third-order valence-corrected chi connectivity index (χ3v) is 11.1. The molecule has 37 heavy (non-hydrogen) atoms. The molecule has 0 bridgehead atoms. The van der Waals surface area contributed by atoms with Crippen LogP contribution in [0.15, 0.2) is 11.6 Å². The van der Waals surface area contributed by atoms with Gasteiger partial charge in [-0.1, -0.05) is 32.4 Å². The van der Waals surface area contributed by atoms with Gasteiger partial charge in [0.1, 0.15) is 6.10 Å². The molecule has 0 aromatic rings. The number of hydrogen-bond acceptors (Lipinski definition) is 5. The highest BCUT2D eigenvalue weighted by atomic mass is 16.5. The average molecular weight is 516 g/mol. The predicted octanol–water partition coefficient (Wildman–Crippen LogP) is 6.70. The maximum absolute atomic E-state index is 12.5. The van der Waals surface area contributed by atoms with E-state index in [0.29, 0.717) is 17.8 Å². The molecular formula is C32H53NO4. The first-order valence-electron chi connectivity index (χ1n) is 15.1. The first-order valence-corrected chi connectivity index (χ1v) is 15.1. The normalized spacial score (nSPS) is 38.0. The quantitative estimate of drug-likeness (QED) is 0.221. The lowest BCUT2D eigenvalue weighted by atomic mass is 9.47. The Hall–Kier alpha value is -1.36. The van der Waals surface area contributed by atoms with Crippen LogP contribution in [0.25, 0.3) is 0 Å². The predicted molar refractivity (Wildman–Crippen MR) is 148 cm³/mol. The van der Waals surface area contributed by atoms with Crippen LogP contribution in [-0.4, -0.2) is 38.2 Å². The molecule has 0 heterocycles. The number of rotatable bonds is 8. The van der Waals surface area contributed by atoms with Crippen molar-refractivity contribution in [3.8, 4) is 0 Å². The van der Waals surface area contributed by atoms with E-state index >= 15 is 0 Å². The van der Waals surface area contributed by atoms with Crippen LogP contribution in [0.5, 0.6) is 0 Å². The van der Waals surface area contributed by atoms with Crippen molar-refractivity contribution < 1.29 is 19.1 Å². The van der Waals surface area contributed by atoms with Gasteiger partial charge in [0.15, 0.2) is 0 Å². The molecule has 5 nitrogen and oxygen atoms in total. The van der Waals surface area contributed by atoms with E-state index in [1.807, 2.05) is 20.8 Å². The molecule has 4 aliphatic rings. The van der Waals surface area contributed by atoms with Crippen molar-refractivity contribution in [1.29, 1.82) is 0 Å². The van der Waals surface area contributed by atoms with Gasteiger partial charge in [-0.25, -0.2) is 0 Å². The Morgan fingerprint density at radius 2 is 1.86 bits per heavy atom. The van der Waals surface area contributed by atoms with Crippen molar-refractivity contribution >= 4 is 11.9 Å². The van der Waals surface area contributed by atoms with E-state index in [-0.39, 0.29) is 23.5 Å². The highest BCUT2D eigenvalue weighted by molar-refractivity contribution is 5.75. The van der Waals surface area contributed by atoms with Crippen LogP contribution >= 0.6 is 0 Å². The van der Waals surface area contributed by atoms with Crippen molar-refractivity contribution in [3.63, 3.8) is 0 Å². The molecule has 0 aromatic carbocycles. The summed E-state index contributed by atoms with van der Waals surface area (Å²) in [5, 5.41) is 3.63. The van der Waals surface area contributed by atoms with Crippen molar-refractivity contribution in [2.75, 3.05) is 20.2 Å². The summed E-state index contributed by atoms with van der Waals surface area (Å²) in [6.07, 6.45) is 13.7. The van der Waals surface area contributed by atoms with Gasteiger partial charge in [-0.15, -0.1) is 0 Å². The van der Waals surface area contributed by atoms with E-state index in [0.717, 1.165) is 62.4 Å². The summed E-state index contributed by atoms with van der Waals surface area (Å²) >= 11 is 0. The second-order valence-electron chi connectivity index (χ2n) is 14.4. The first-order chi connectivity index (χ1) is 17.4. The molecule has 3 fully saturated rings. The zero-order chi connectivity index (χ0) is 27.0. The monoisotopic (exact) mass is 515 g/mol. The second-order valence-corrected chi connectivity index (χ2v) is 14.4. The number of carbonyl (C=O) groups is 2. The Balaban J connectivity index is 1.37. The first kappa shape index (κ1) is 28.6. The third-order valence-electron chi connectivity index (χ3n) is 11.1. The zero-order valence-electron chi connectivity index (χ0n) is 24.7. The van der Waals surface area contributed by atoms with Crippen LogP contribution in [-0.2, 0) is 19.1 Å². The number of nitrogens with one attached hydrogen (secondary N) is 1. The molecule has 4 aliphatic carbocycles. The molecule has 0 unspecified atom stereocenters. The van der Waals surface area contributed by atoms with Gasteiger partial charge in [-0.05, 0) is 126 Å². The lowest BCUT2D eigenvalue weighted by Crippen LogP contribution is -2.51. The van der Waals surface area contributed by atoms with Gasteiger partial charge >= 0.3 is 11.9 Å². The summed E-state index contributed by atoms with van der Waals surface area (Å²) < 4.78 is 10.7. The summed E-state index contributed by atoms with van der Waals surface area (Å²) in [6.45, 7) is 15.4. The number of carbonyl (C=O) groups excluding carboxylic acids is 2. The summed E-state index contributed by atoms with van der Waals surface area (Å²) in [6, 6.07) is 0. The van der Waals surface area contributed by atoms with Gasteiger partial charge in [-0.3, -0.25) is 9.59 Å². The molecule has 5 heteroatoms. The second kappa shape index (κ2) is 11.0.